The summed E-state index contributed by atoms with van der Waals surface area (Å²) in [6.45, 7) is 0.969. The van der Waals surface area contributed by atoms with E-state index in [9.17, 15) is 0 Å². The average molecular weight is 374 g/mol. The van der Waals surface area contributed by atoms with Crippen LogP contribution in [0.2, 0.25) is 0 Å². The van der Waals surface area contributed by atoms with Crippen LogP contribution in [0.5, 0.6) is 0 Å². The van der Waals surface area contributed by atoms with Gasteiger partial charge in [-0.25, -0.2) is 4.39 Å². The van der Waals surface area contributed by atoms with Crippen LogP contribution in [0.15, 0.2) is 60.7 Å². The fraction of sp³-hybridized carbons (Fsp3) is 0.455. The van der Waals surface area contributed by atoms with Crippen molar-refractivity contribution in [3.63, 3.8) is 0 Å². The largest absolute Gasteiger partial charge is 0.376 e. The molecule has 146 valence electrons. The molecule has 1 aliphatic rings. The highest BCUT2D eigenvalue weighted by Crippen LogP contribution is 2.52. The molecular weight excluding hydrogens is 347 g/mol. The summed E-state index contributed by atoms with van der Waals surface area (Å²) in [4.78, 5) is 0. The van der Waals surface area contributed by atoms with Gasteiger partial charge in [-0.2, -0.15) is 0 Å². The van der Waals surface area contributed by atoms with Gasteiger partial charge in [0.2, 0.25) is 0 Å². The monoisotopic (exact) mass is 374 g/mol. The maximum Gasteiger partial charge on any atom is 0.178 e. The molecule has 0 heterocycles. The second-order valence-corrected chi connectivity index (χ2v) is 6.96. The van der Waals surface area contributed by atoms with Crippen LogP contribution in [-0.2, 0) is 32.2 Å². The molecule has 0 amide bonds. The van der Waals surface area contributed by atoms with Gasteiger partial charge in [-0.05, 0) is 11.1 Å². The van der Waals surface area contributed by atoms with Crippen molar-refractivity contribution in [1.29, 1.82) is 0 Å². The third-order valence-corrected chi connectivity index (χ3v) is 5.24. The van der Waals surface area contributed by atoms with E-state index < -0.39 is 17.4 Å². The molecule has 2 atom stereocenters. The zero-order valence-corrected chi connectivity index (χ0v) is 15.9. The summed E-state index contributed by atoms with van der Waals surface area (Å²) in [5.74, 6) is -1.53. The van der Waals surface area contributed by atoms with Crippen molar-refractivity contribution in [1.82, 2.24) is 0 Å². The van der Waals surface area contributed by atoms with Crippen LogP contribution in [0.4, 0.5) is 4.39 Å². The van der Waals surface area contributed by atoms with E-state index in [2.05, 4.69) is 0 Å². The fourth-order valence-corrected chi connectivity index (χ4v) is 3.64. The van der Waals surface area contributed by atoms with Gasteiger partial charge in [0.05, 0.1) is 32.3 Å². The minimum absolute atomic E-state index is 0.0181. The van der Waals surface area contributed by atoms with Crippen LogP contribution in [0.1, 0.15) is 17.5 Å². The van der Waals surface area contributed by atoms with Gasteiger partial charge < -0.3 is 18.9 Å². The van der Waals surface area contributed by atoms with E-state index in [1.807, 2.05) is 60.7 Å². The highest BCUT2D eigenvalue weighted by Gasteiger charge is 2.66. The molecule has 2 aromatic rings. The van der Waals surface area contributed by atoms with E-state index in [-0.39, 0.29) is 19.6 Å². The molecule has 0 bridgehead atoms. The summed E-state index contributed by atoms with van der Waals surface area (Å²) >= 11 is 0. The lowest BCUT2D eigenvalue weighted by molar-refractivity contribution is -0.355. The minimum Gasteiger partial charge on any atom is -0.376 e. The van der Waals surface area contributed by atoms with Crippen LogP contribution in [0, 0.1) is 5.92 Å². The Morgan fingerprint density at radius 3 is 1.89 bits per heavy atom. The smallest absolute Gasteiger partial charge is 0.178 e. The first kappa shape index (κ1) is 20.0. The van der Waals surface area contributed by atoms with E-state index in [1.54, 1.807) is 0 Å². The molecule has 0 aromatic heterocycles. The van der Waals surface area contributed by atoms with Crippen molar-refractivity contribution < 1.29 is 23.3 Å². The highest BCUT2D eigenvalue weighted by molar-refractivity contribution is 5.15. The quantitative estimate of drug-likeness (QED) is 0.586. The molecule has 1 saturated carbocycles. The summed E-state index contributed by atoms with van der Waals surface area (Å²) < 4.78 is 38.0. The van der Waals surface area contributed by atoms with Crippen molar-refractivity contribution in [2.75, 3.05) is 27.4 Å². The average Bonchev–Trinajstić information content (AvgIpc) is 2.71. The van der Waals surface area contributed by atoms with Gasteiger partial charge in [0.25, 0.3) is 0 Å². The third-order valence-electron chi connectivity index (χ3n) is 5.24. The van der Waals surface area contributed by atoms with E-state index in [0.29, 0.717) is 13.2 Å². The predicted octanol–water partition coefficient (Wildman–Crippen LogP) is 4.14. The predicted molar refractivity (Wildman–Crippen MR) is 101 cm³/mol. The van der Waals surface area contributed by atoms with Crippen molar-refractivity contribution in [3.05, 3.63) is 71.8 Å². The Kier molecular flexibility index (Phi) is 6.60. The number of ether oxygens (including phenoxy) is 4. The molecule has 0 saturated heterocycles. The zero-order valence-electron chi connectivity index (χ0n) is 15.9. The second kappa shape index (κ2) is 8.93. The van der Waals surface area contributed by atoms with Crippen molar-refractivity contribution in [2.24, 2.45) is 5.92 Å². The van der Waals surface area contributed by atoms with Crippen molar-refractivity contribution in [3.8, 4) is 0 Å². The van der Waals surface area contributed by atoms with Crippen LogP contribution < -0.4 is 0 Å². The Morgan fingerprint density at radius 2 is 1.37 bits per heavy atom. The molecule has 1 fully saturated rings. The Morgan fingerprint density at radius 1 is 0.852 bits per heavy atom. The van der Waals surface area contributed by atoms with E-state index >= 15 is 4.39 Å². The molecule has 2 aromatic carbocycles. The Labute approximate surface area is 160 Å². The van der Waals surface area contributed by atoms with Crippen molar-refractivity contribution in [2.45, 2.75) is 31.1 Å². The number of hydrogen-bond donors (Lipinski definition) is 0. The summed E-state index contributed by atoms with van der Waals surface area (Å²) in [6.07, 6.45) is 0.126. The van der Waals surface area contributed by atoms with Gasteiger partial charge in [-0.1, -0.05) is 60.7 Å². The normalized spacial score (nSPS) is 23.7. The maximum absolute atomic E-state index is 15.5. The molecule has 5 heteroatoms. The number of hydrogen-bond acceptors (Lipinski definition) is 4. The number of methoxy groups -OCH3 is 2. The molecule has 27 heavy (non-hydrogen) atoms. The maximum atomic E-state index is 15.5. The van der Waals surface area contributed by atoms with Gasteiger partial charge >= 0.3 is 0 Å². The van der Waals surface area contributed by atoms with E-state index in [4.69, 9.17) is 18.9 Å². The minimum atomic E-state index is -1.54. The van der Waals surface area contributed by atoms with Crippen molar-refractivity contribution >= 4 is 0 Å². The fourth-order valence-electron chi connectivity index (χ4n) is 3.64. The lowest BCUT2D eigenvalue weighted by atomic mass is 9.65. The van der Waals surface area contributed by atoms with E-state index in [0.717, 1.165) is 11.1 Å². The molecule has 1 aliphatic carbocycles. The Bertz CT molecular complexity index is 690. The molecule has 4 nitrogen and oxygen atoms in total. The standard InChI is InChI=1S/C22H27FO4/c1-24-22(25-2)16-21(23,17-27-14-19-11-7-4-8-12-19)20(22)15-26-13-18-9-5-3-6-10-18/h3-12,20H,13-17H2,1-2H3/t20-,21+/m1/s1. The van der Waals surface area contributed by atoms with Gasteiger partial charge in [0, 0.05) is 20.6 Å². The van der Waals surface area contributed by atoms with Crippen LogP contribution in [0.25, 0.3) is 0 Å². The Balaban J connectivity index is 1.57. The van der Waals surface area contributed by atoms with E-state index in [1.165, 1.54) is 14.2 Å². The molecule has 0 radical (unpaired) electrons. The van der Waals surface area contributed by atoms with Gasteiger partial charge in [-0.3, -0.25) is 0 Å². The third kappa shape index (κ3) is 4.55. The zero-order chi connectivity index (χ0) is 19.2. The first-order chi connectivity index (χ1) is 13.1. The van der Waals surface area contributed by atoms with Crippen LogP contribution in [0.3, 0.4) is 0 Å². The molecular formula is C22H27FO4. The first-order valence-electron chi connectivity index (χ1n) is 9.14. The molecule has 0 N–H and O–H groups in total. The lowest BCUT2D eigenvalue weighted by Crippen LogP contribution is -2.68. The molecule has 3 rings (SSSR count). The topological polar surface area (TPSA) is 36.9 Å². The van der Waals surface area contributed by atoms with Crippen LogP contribution >= 0.6 is 0 Å². The van der Waals surface area contributed by atoms with Gasteiger partial charge in [0.1, 0.15) is 5.67 Å². The summed E-state index contributed by atoms with van der Waals surface area (Å²) in [6, 6.07) is 19.6. The van der Waals surface area contributed by atoms with Gasteiger partial charge in [-0.15, -0.1) is 0 Å². The molecule has 0 aliphatic heterocycles. The Hall–Kier alpha value is -1.79. The first-order valence-corrected chi connectivity index (χ1v) is 9.14. The van der Waals surface area contributed by atoms with Crippen LogP contribution in [-0.4, -0.2) is 38.9 Å². The number of alkyl halides is 1. The molecule has 0 unspecified atom stereocenters. The number of rotatable bonds is 10. The summed E-state index contributed by atoms with van der Waals surface area (Å²) in [7, 11) is 3.08. The summed E-state index contributed by atoms with van der Waals surface area (Å²) in [5, 5.41) is 0. The molecule has 0 spiro atoms. The summed E-state index contributed by atoms with van der Waals surface area (Å²) in [5.41, 5.74) is 0.515. The number of halogens is 1. The lowest BCUT2D eigenvalue weighted by Gasteiger charge is -2.55. The second-order valence-electron chi connectivity index (χ2n) is 6.96. The SMILES string of the molecule is COC1(OC)C[C@](F)(COCc2ccccc2)[C@H]1COCc1ccccc1. The van der Waals surface area contributed by atoms with Gasteiger partial charge in [0.15, 0.2) is 5.79 Å². The highest BCUT2D eigenvalue weighted by atomic mass is 19.1. The number of benzene rings is 2.